The summed E-state index contributed by atoms with van der Waals surface area (Å²) in [6, 6.07) is 6.36. The summed E-state index contributed by atoms with van der Waals surface area (Å²) >= 11 is 1.02. The molecule has 8 heteroatoms. The summed E-state index contributed by atoms with van der Waals surface area (Å²) < 4.78 is 1.57. The quantitative estimate of drug-likeness (QED) is 0.687. The Labute approximate surface area is 118 Å². The summed E-state index contributed by atoms with van der Waals surface area (Å²) in [6.45, 7) is 1.65. The van der Waals surface area contributed by atoms with Gasteiger partial charge in [-0.15, -0.1) is 0 Å². The third-order valence-corrected chi connectivity index (χ3v) is 3.97. The fourth-order valence-electron chi connectivity index (χ4n) is 1.64. The molecule has 0 unspecified atom stereocenters. The number of carboxylic acid groups (broad SMARTS) is 1. The molecule has 20 heavy (non-hydrogen) atoms. The number of benzene rings is 1. The lowest BCUT2D eigenvalue weighted by molar-refractivity contribution is -0.392. The standard InChI is InChI=1S/C12H11N3O4S/c1-7-13-10(15(18)19)11(14(7)2)20-9-6-4-3-5-8(9)12(16)17/h3-6H,1-2H3,(H,16,17). The molecule has 0 fully saturated rings. The highest BCUT2D eigenvalue weighted by Crippen LogP contribution is 2.36. The van der Waals surface area contributed by atoms with Crippen molar-refractivity contribution in [3.8, 4) is 0 Å². The fraction of sp³-hybridized carbons (Fsp3) is 0.167. The Balaban J connectivity index is 2.50. The molecule has 0 aliphatic heterocycles. The highest BCUT2D eigenvalue weighted by molar-refractivity contribution is 7.99. The second kappa shape index (κ2) is 5.33. The van der Waals surface area contributed by atoms with Crippen LogP contribution in [0.1, 0.15) is 16.2 Å². The van der Waals surface area contributed by atoms with Crippen LogP contribution in [0.5, 0.6) is 0 Å². The monoisotopic (exact) mass is 293 g/mol. The second-order valence-corrected chi connectivity index (χ2v) is 5.04. The smallest absolute Gasteiger partial charge is 0.396 e. The molecule has 1 aromatic heterocycles. The Kier molecular flexibility index (Phi) is 3.75. The third-order valence-electron chi connectivity index (χ3n) is 2.75. The van der Waals surface area contributed by atoms with E-state index in [4.69, 9.17) is 5.11 Å². The summed E-state index contributed by atoms with van der Waals surface area (Å²) in [7, 11) is 1.65. The largest absolute Gasteiger partial charge is 0.478 e. The molecule has 0 atom stereocenters. The molecule has 7 nitrogen and oxygen atoms in total. The van der Waals surface area contributed by atoms with Gasteiger partial charge in [-0.25, -0.2) is 4.79 Å². The van der Waals surface area contributed by atoms with Crippen LogP contribution in [0.15, 0.2) is 34.2 Å². The number of imidazole rings is 1. The number of carboxylic acids is 1. The van der Waals surface area contributed by atoms with E-state index in [0.29, 0.717) is 15.7 Å². The van der Waals surface area contributed by atoms with E-state index in [2.05, 4.69) is 4.98 Å². The molecule has 1 aromatic carbocycles. The zero-order chi connectivity index (χ0) is 14.9. The Hall–Kier alpha value is -2.35. The van der Waals surface area contributed by atoms with E-state index in [1.54, 1.807) is 36.7 Å². The Morgan fingerprint density at radius 3 is 2.70 bits per heavy atom. The minimum atomic E-state index is -1.07. The fourth-order valence-corrected chi connectivity index (χ4v) is 2.74. The summed E-state index contributed by atoms with van der Waals surface area (Å²) in [5.74, 6) is -0.850. The normalized spacial score (nSPS) is 10.5. The zero-order valence-electron chi connectivity index (χ0n) is 10.7. The molecule has 0 amide bonds. The van der Waals surface area contributed by atoms with Gasteiger partial charge < -0.3 is 15.2 Å². The van der Waals surface area contributed by atoms with Crippen molar-refractivity contribution < 1.29 is 14.8 Å². The van der Waals surface area contributed by atoms with Gasteiger partial charge in [-0.3, -0.25) is 4.57 Å². The lowest BCUT2D eigenvalue weighted by Gasteiger charge is -2.05. The second-order valence-electron chi connectivity index (χ2n) is 4.01. The maximum Gasteiger partial charge on any atom is 0.396 e. The number of nitrogens with zero attached hydrogens (tertiary/aromatic N) is 3. The number of rotatable bonds is 4. The number of hydrogen-bond acceptors (Lipinski definition) is 5. The van der Waals surface area contributed by atoms with Crippen molar-refractivity contribution in [2.45, 2.75) is 16.8 Å². The predicted molar refractivity (Wildman–Crippen MR) is 72.1 cm³/mol. The van der Waals surface area contributed by atoms with Crippen LogP contribution in [-0.4, -0.2) is 25.6 Å². The van der Waals surface area contributed by atoms with Gasteiger partial charge in [0.1, 0.15) is 0 Å². The van der Waals surface area contributed by atoms with Crippen molar-refractivity contribution in [1.82, 2.24) is 9.55 Å². The zero-order valence-corrected chi connectivity index (χ0v) is 11.5. The van der Waals surface area contributed by atoms with Crippen LogP contribution in [0.4, 0.5) is 5.82 Å². The predicted octanol–water partition coefficient (Wildman–Crippen LogP) is 2.49. The highest BCUT2D eigenvalue weighted by Gasteiger charge is 2.25. The van der Waals surface area contributed by atoms with Crippen LogP contribution in [0.3, 0.4) is 0 Å². The Morgan fingerprint density at radius 1 is 1.45 bits per heavy atom. The number of hydrogen-bond donors (Lipinski definition) is 1. The summed E-state index contributed by atoms with van der Waals surface area (Å²) in [5, 5.41) is 20.4. The van der Waals surface area contributed by atoms with Crippen molar-refractivity contribution in [1.29, 1.82) is 0 Å². The maximum atomic E-state index is 11.2. The van der Waals surface area contributed by atoms with Gasteiger partial charge >= 0.3 is 11.8 Å². The first-order valence-electron chi connectivity index (χ1n) is 5.59. The van der Waals surface area contributed by atoms with Gasteiger partial charge in [0.05, 0.1) is 5.56 Å². The van der Waals surface area contributed by atoms with Crippen molar-refractivity contribution in [2.24, 2.45) is 7.05 Å². The average Bonchev–Trinajstić information content (AvgIpc) is 2.67. The molecule has 104 valence electrons. The van der Waals surface area contributed by atoms with Crippen molar-refractivity contribution in [2.75, 3.05) is 0 Å². The minimum Gasteiger partial charge on any atom is -0.478 e. The Bertz CT molecular complexity index is 696. The van der Waals surface area contributed by atoms with Crippen LogP contribution in [-0.2, 0) is 7.05 Å². The van der Waals surface area contributed by atoms with Crippen LogP contribution >= 0.6 is 11.8 Å². The van der Waals surface area contributed by atoms with Crippen molar-refractivity contribution in [3.63, 3.8) is 0 Å². The molecule has 2 aromatic rings. The lowest BCUT2D eigenvalue weighted by Crippen LogP contribution is -2.00. The number of aryl methyl sites for hydroxylation is 1. The molecule has 1 heterocycles. The number of aromatic nitrogens is 2. The number of carbonyl (C=O) groups is 1. The minimum absolute atomic E-state index is 0.102. The van der Waals surface area contributed by atoms with E-state index in [1.165, 1.54) is 6.07 Å². The molecule has 0 aliphatic rings. The summed E-state index contributed by atoms with van der Waals surface area (Å²) in [5.41, 5.74) is 0.102. The van der Waals surface area contributed by atoms with Gasteiger partial charge in [0, 0.05) is 18.9 Å². The molecule has 1 N–H and O–H groups in total. The van der Waals surface area contributed by atoms with Crippen LogP contribution < -0.4 is 0 Å². The van der Waals surface area contributed by atoms with Crippen LogP contribution in [0.2, 0.25) is 0 Å². The van der Waals surface area contributed by atoms with Crippen LogP contribution in [0, 0.1) is 17.0 Å². The number of aromatic carboxylic acids is 1. The topological polar surface area (TPSA) is 98.3 Å². The van der Waals surface area contributed by atoms with Gasteiger partial charge in [-0.05, 0) is 22.0 Å². The first-order valence-corrected chi connectivity index (χ1v) is 6.41. The van der Waals surface area contributed by atoms with Crippen molar-refractivity contribution >= 4 is 23.5 Å². The maximum absolute atomic E-state index is 11.2. The van der Waals surface area contributed by atoms with E-state index in [1.807, 2.05) is 0 Å². The molecule has 0 saturated carbocycles. The first-order chi connectivity index (χ1) is 9.41. The molecular formula is C12H11N3O4S. The van der Waals surface area contributed by atoms with E-state index in [0.717, 1.165) is 11.8 Å². The average molecular weight is 293 g/mol. The van der Waals surface area contributed by atoms with Gasteiger partial charge in [0.2, 0.25) is 5.82 Å². The van der Waals surface area contributed by atoms with E-state index in [9.17, 15) is 14.9 Å². The van der Waals surface area contributed by atoms with Crippen molar-refractivity contribution in [3.05, 3.63) is 45.8 Å². The number of nitro groups is 1. The van der Waals surface area contributed by atoms with Gasteiger partial charge in [-0.2, -0.15) is 0 Å². The lowest BCUT2D eigenvalue weighted by atomic mass is 10.2. The van der Waals surface area contributed by atoms with Gasteiger partial charge in [0.15, 0.2) is 5.03 Å². The highest BCUT2D eigenvalue weighted by atomic mass is 32.2. The van der Waals surface area contributed by atoms with E-state index in [-0.39, 0.29) is 11.4 Å². The van der Waals surface area contributed by atoms with Gasteiger partial charge in [0.25, 0.3) is 0 Å². The summed E-state index contributed by atoms with van der Waals surface area (Å²) in [4.78, 5) is 25.9. The van der Waals surface area contributed by atoms with Crippen LogP contribution in [0.25, 0.3) is 0 Å². The summed E-state index contributed by atoms with van der Waals surface area (Å²) in [6.07, 6.45) is 0. The SMILES string of the molecule is Cc1nc([N+](=O)[O-])c(Sc2ccccc2C(=O)O)n1C. The Morgan fingerprint density at radius 2 is 2.10 bits per heavy atom. The third kappa shape index (κ3) is 2.50. The molecule has 2 rings (SSSR count). The first kappa shape index (κ1) is 14.1. The van der Waals surface area contributed by atoms with E-state index < -0.39 is 10.9 Å². The molecule has 0 bridgehead atoms. The molecule has 0 spiro atoms. The molecule has 0 aliphatic carbocycles. The molecular weight excluding hydrogens is 282 g/mol. The van der Waals surface area contributed by atoms with E-state index >= 15 is 0 Å². The molecule has 0 saturated heterocycles. The van der Waals surface area contributed by atoms with Gasteiger partial charge in [-0.1, -0.05) is 23.9 Å². The molecule has 0 radical (unpaired) electrons.